The predicted octanol–water partition coefficient (Wildman–Crippen LogP) is 2.46. The van der Waals surface area contributed by atoms with Crippen LogP contribution in [0, 0.1) is 11.3 Å². The van der Waals surface area contributed by atoms with Gasteiger partial charge in [-0.05, 0) is 42.9 Å². The summed E-state index contributed by atoms with van der Waals surface area (Å²) in [6.07, 6.45) is 3.60. The molecule has 1 aromatic heterocycles. The molecule has 102 valence electrons. The molecule has 4 nitrogen and oxygen atoms in total. The zero-order chi connectivity index (χ0) is 14.2. The van der Waals surface area contributed by atoms with Gasteiger partial charge in [0.1, 0.15) is 12.4 Å². The summed E-state index contributed by atoms with van der Waals surface area (Å²) in [6.45, 7) is 2.28. The van der Waals surface area contributed by atoms with Crippen LogP contribution in [0.15, 0.2) is 48.8 Å². The molecule has 1 heterocycles. The van der Waals surface area contributed by atoms with Gasteiger partial charge in [0.05, 0.1) is 11.6 Å². The maximum atomic E-state index is 8.82. The first-order valence-corrected chi connectivity index (χ1v) is 6.48. The first kappa shape index (κ1) is 14.0. The van der Waals surface area contributed by atoms with Crippen LogP contribution in [0.25, 0.3) is 0 Å². The maximum Gasteiger partial charge on any atom is 0.120 e. The van der Waals surface area contributed by atoms with Crippen molar-refractivity contribution in [2.75, 3.05) is 20.2 Å². The number of aromatic nitrogens is 1. The molecule has 0 radical (unpaired) electrons. The fraction of sp³-hybridized carbons (Fsp3) is 0.250. The summed E-state index contributed by atoms with van der Waals surface area (Å²) >= 11 is 0. The van der Waals surface area contributed by atoms with Crippen LogP contribution >= 0.6 is 0 Å². The molecule has 0 aliphatic carbocycles. The first-order chi connectivity index (χ1) is 9.78. The van der Waals surface area contributed by atoms with Crippen LogP contribution in [0.4, 0.5) is 0 Å². The van der Waals surface area contributed by atoms with Gasteiger partial charge in [-0.2, -0.15) is 5.26 Å². The lowest BCUT2D eigenvalue weighted by Crippen LogP contribution is -2.23. The topological polar surface area (TPSA) is 49.1 Å². The van der Waals surface area contributed by atoms with E-state index < -0.39 is 0 Å². The molecule has 0 bridgehead atoms. The number of pyridine rings is 1. The minimum Gasteiger partial charge on any atom is -0.492 e. The van der Waals surface area contributed by atoms with Crippen molar-refractivity contribution < 1.29 is 4.74 Å². The number of rotatable bonds is 6. The van der Waals surface area contributed by atoms with Crippen molar-refractivity contribution in [3.05, 3.63) is 59.9 Å². The van der Waals surface area contributed by atoms with Crippen LogP contribution in [0.1, 0.15) is 11.1 Å². The van der Waals surface area contributed by atoms with Gasteiger partial charge in [0.25, 0.3) is 0 Å². The molecule has 0 saturated heterocycles. The molecule has 2 aromatic rings. The Kier molecular flexibility index (Phi) is 5.10. The highest BCUT2D eigenvalue weighted by Gasteiger charge is 2.01. The van der Waals surface area contributed by atoms with Crippen LogP contribution < -0.4 is 4.74 Å². The minimum atomic E-state index is 0.594. The SMILES string of the molecule is CN(CCOc1cccc(C#N)c1)Cc1ccncc1. The largest absolute Gasteiger partial charge is 0.492 e. The number of benzene rings is 1. The highest BCUT2D eigenvalue weighted by Crippen LogP contribution is 2.12. The highest BCUT2D eigenvalue weighted by atomic mass is 16.5. The smallest absolute Gasteiger partial charge is 0.120 e. The summed E-state index contributed by atoms with van der Waals surface area (Å²) in [5.41, 5.74) is 1.85. The van der Waals surface area contributed by atoms with Crippen LogP contribution in [0.2, 0.25) is 0 Å². The zero-order valence-electron chi connectivity index (χ0n) is 11.5. The minimum absolute atomic E-state index is 0.594. The second-order valence-corrected chi connectivity index (χ2v) is 4.58. The van der Waals surface area contributed by atoms with Crippen molar-refractivity contribution in [2.24, 2.45) is 0 Å². The summed E-state index contributed by atoms with van der Waals surface area (Å²) in [5.74, 6) is 0.737. The van der Waals surface area contributed by atoms with E-state index in [0.29, 0.717) is 12.2 Å². The quantitative estimate of drug-likeness (QED) is 0.806. The molecule has 0 aliphatic rings. The predicted molar refractivity (Wildman–Crippen MR) is 77.2 cm³/mol. The lowest BCUT2D eigenvalue weighted by Gasteiger charge is -2.17. The molecule has 0 unspecified atom stereocenters. The Labute approximate surface area is 119 Å². The lowest BCUT2D eigenvalue weighted by molar-refractivity contribution is 0.233. The van der Waals surface area contributed by atoms with E-state index in [1.807, 2.05) is 24.3 Å². The molecule has 0 atom stereocenters. The third kappa shape index (κ3) is 4.38. The fourth-order valence-electron chi connectivity index (χ4n) is 1.85. The number of likely N-dealkylation sites (N-methyl/N-ethyl adjacent to an activating group) is 1. The summed E-state index contributed by atoms with van der Waals surface area (Å²) in [5, 5.41) is 8.82. The normalized spacial score (nSPS) is 10.2. The molecule has 4 heteroatoms. The number of hydrogen-bond donors (Lipinski definition) is 0. The number of hydrogen-bond acceptors (Lipinski definition) is 4. The average molecular weight is 267 g/mol. The summed E-state index contributed by atoms with van der Waals surface area (Å²) in [4.78, 5) is 6.19. The van der Waals surface area contributed by atoms with Gasteiger partial charge in [0.15, 0.2) is 0 Å². The molecule has 0 saturated carbocycles. The van der Waals surface area contributed by atoms with Crippen molar-refractivity contribution in [2.45, 2.75) is 6.54 Å². The Hall–Kier alpha value is -2.38. The highest BCUT2D eigenvalue weighted by molar-refractivity contribution is 5.36. The van der Waals surface area contributed by atoms with Gasteiger partial charge in [-0.1, -0.05) is 6.07 Å². The van der Waals surface area contributed by atoms with Gasteiger partial charge in [-0.15, -0.1) is 0 Å². The molecule has 0 spiro atoms. The molecule has 0 aliphatic heterocycles. The Bertz CT molecular complexity index is 578. The average Bonchev–Trinajstić information content (AvgIpc) is 2.48. The van der Waals surface area contributed by atoms with Crippen molar-refractivity contribution >= 4 is 0 Å². The Morgan fingerprint density at radius 2 is 2.05 bits per heavy atom. The van der Waals surface area contributed by atoms with Crippen molar-refractivity contribution in [3.63, 3.8) is 0 Å². The van der Waals surface area contributed by atoms with Gasteiger partial charge in [0.2, 0.25) is 0 Å². The van der Waals surface area contributed by atoms with Crippen LogP contribution in [-0.2, 0) is 6.54 Å². The van der Waals surface area contributed by atoms with Crippen molar-refractivity contribution in [1.82, 2.24) is 9.88 Å². The molecule has 0 N–H and O–H groups in total. The third-order valence-corrected chi connectivity index (χ3v) is 2.91. The third-order valence-electron chi connectivity index (χ3n) is 2.91. The molecule has 0 amide bonds. The zero-order valence-corrected chi connectivity index (χ0v) is 11.5. The van der Waals surface area contributed by atoms with E-state index in [2.05, 4.69) is 23.0 Å². The molecular formula is C16H17N3O. The van der Waals surface area contributed by atoms with Gasteiger partial charge in [-0.3, -0.25) is 9.88 Å². The number of nitrogens with zero attached hydrogens (tertiary/aromatic N) is 3. The second kappa shape index (κ2) is 7.27. The van der Waals surface area contributed by atoms with E-state index in [4.69, 9.17) is 10.00 Å². The molecule has 1 aromatic carbocycles. The van der Waals surface area contributed by atoms with Crippen LogP contribution in [-0.4, -0.2) is 30.1 Å². The van der Waals surface area contributed by atoms with E-state index in [0.717, 1.165) is 18.8 Å². The van der Waals surface area contributed by atoms with Crippen LogP contribution in [0.5, 0.6) is 5.75 Å². The van der Waals surface area contributed by atoms with E-state index in [-0.39, 0.29) is 0 Å². The van der Waals surface area contributed by atoms with Gasteiger partial charge >= 0.3 is 0 Å². The summed E-state index contributed by atoms with van der Waals surface area (Å²) in [6, 6.07) is 13.3. The molecular weight excluding hydrogens is 250 g/mol. The van der Waals surface area contributed by atoms with E-state index >= 15 is 0 Å². The monoisotopic (exact) mass is 267 g/mol. The Balaban J connectivity index is 1.76. The standard InChI is InChI=1S/C16H17N3O/c1-19(13-14-5-7-18-8-6-14)9-10-20-16-4-2-3-15(11-16)12-17/h2-8,11H,9-10,13H2,1H3. The van der Waals surface area contributed by atoms with Gasteiger partial charge in [0, 0.05) is 25.5 Å². The van der Waals surface area contributed by atoms with E-state index in [9.17, 15) is 0 Å². The second-order valence-electron chi connectivity index (χ2n) is 4.58. The number of nitriles is 1. The Morgan fingerprint density at radius 1 is 1.25 bits per heavy atom. The molecule has 20 heavy (non-hydrogen) atoms. The van der Waals surface area contributed by atoms with E-state index in [1.54, 1.807) is 24.5 Å². The summed E-state index contributed by atoms with van der Waals surface area (Å²) in [7, 11) is 2.05. The Morgan fingerprint density at radius 3 is 2.80 bits per heavy atom. The van der Waals surface area contributed by atoms with E-state index in [1.165, 1.54) is 5.56 Å². The van der Waals surface area contributed by atoms with Crippen molar-refractivity contribution in [1.29, 1.82) is 5.26 Å². The lowest BCUT2D eigenvalue weighted by atomic mass is 10.2. The maximum absolute atomic E-state index is 8.82. The molecule has 2 rings (SSSR count). The van der Waals surface area contributed by atoms with Crippen molar-refractivity contribution in [3.8, 4) is 11.8 Å². The molecule has 0 fully saturated rings. The first-order valence-electron chi connectivity index (χ1n) is 6.48. The number of ether oxygens (including phenoxy) is 1. The summed E-state index contributed by atoms with van der Waals surface area (Å²) < 4.78 is 5.65. The van der Waals surface area contributed by atoms with Crippen LogP contribution in [0.3, 0.4) is 0 Å². The van der Waals surface area contributed by atoms with Gasteiger partial charge < -0.3 is 4.74 Å². The fourth-order valence-corrected chi connectivity index (χ4v) is 1.85. The van der Waals surface area contributed by atoms with Gasteiger partial charge in [-0.25, -0.2) is 0 Å².